The lowest BCUT2D eigenvalue weighted by Gasteiger charge is -2.09. The first-order valence-electron chi connectivity index (χ1n) is 10.7. The van der Waals surface area contributed by atoms with Crippen molar-refractivity contribution >= 4 is 20.0 Å². The summed E-state index contributed by atoms with van der Waals surface area (Å²) in [6, 6.07) is 17.7. The van der Waals surface area contributed by atoms with Crippen LogP contribution in [0.5, 0.6) is 11.5 Å². The molecule has 3 aromatic carbocycles. The number of methoxy groups -OCH3 is 2. The Labute approximate surface area is 216 Å². The fourth-order valence-electron chi connectivity index (χ4n) is 3.48. The molecule has 5 aromatic rings. The third kappa shape index (κ3) is 4.35. The predicted octanol–water partition coefficient (Wildman–Crippen LogP) is 1.48. The quantitative estimate of drug-likeness (QED) is 0.271. The Bertz CT molecular complexity index is 1660. The maximum atomic E-state index is 13.1. The van der Waals surface area contributed by atoms with Crippen molar-refractivity contribution in [1.29, 1.82) is 0 Å². The maximum Gasteiger partial charge on any atom is 0.286 e. The number of hydrogen-bond donors (Lipinski definition) is 0. The predicted molar refractivity (Wildman–Crippen MR) is 131 cm³/mol. The second kappa shape index (κ2) is 9.64. The SMILES string of the molecule is COc1ccc(S(=O)(=O)n2nnnc2-c2ccc(-c3nnnn3S(=O)(=O)c3ccc(OC)cc3)cc2)cc1. The van der Waals surface area contributed by atoms with E-state index in [2.05, 4.69) is 31.1 Å². The molecule has 0 aliphatic carbocycles. The number of nitrogens with zero attached hydrogens (tertiary/aromatic N) is 8. The average molecular weight is 555 g/mol. The van der Waals surface area contributed by atoms with Crippen LogP contribution < -0.4 is 9.47 Å². The third-order valence-corrected chi connectivity index (χ3v) is 8.59. The Hall–Kier alpha value is -4.70. The molecule has 0 radical (unpaired) electrons. The molecule has 2 aromatic heterocycles. The van der Waals surface area contributed by atoms with Crippen molar-refractivity contribution in [2.75, 3.05) is 14.2 Å². The van der Waals surface area contributed by atoms with Gasteiger partial charge in [-0.05, 0) is 69.4 Å². The van der Waals surface area contributed by atoms with Gasteiger partial charge in [-0.25, -0.2) is 0 Å². The van der Waals surface area contributed by atoms with Gasteiger partial charge >= 0.3 is 0 Å². The first-order chi connectivity index (χ1) is 18.3. The van der Waals surface area contributed by atoms with Gasteiger partial charge < -0.3 is 9.47 Å². The standard InChI is InChI=1S/C22H18N8O6S2/c1-35-17-7-11-19(12-8-17)37(31,32)29-21(23-25-27-29)15-3-5-16(6-4-15)22-24-26-28-30(22)38(33,34)20-13-9-18(36-2)10-14-20/h3-14H,1-2H3. The lowest BCUT2D eigenvalue weighted by Crippen LogP contribution is -2.16. The first-order valence-corrected chi connectivity index (χ1v) is 13.6. The summed E-state index contributed by atoms with van der Waals surface area (Å²) < 4.78 is 64.2. The number of hydrogen-bond acceptors (Lipinski definition) is 12. The van der Waals surface area contributed by atoms with Crippen LogP contribution in [0, 0.1) is 0 Å². The number of ether oxygens (including phenoxy) is 2. The van der Waals surface area contributed by atoms with E-state index in [-0.39, 0.29) is 21.4 Å². The molecule has 0 aliphatic heterocycles. The van der Waals surface area contributed by atoms with E-state index in [1.807, 2.05) is 0 Å². The molecule has 2 heterocycles. The minimum Gasteiger partial charge on any atom is -0.497 e. The summed E-state index contributed by atoms with van der Waals surface area (Å²) in [5.74, 6) is 0.899. The summed E-state index contributed by atoms with van der Waals surface area (Å²) >= 11 is 0. The Morgan fingerprint density at radius 3 is 1.21 bits per heavy atom. The van der Waals surface area contributed by atoms with Crippen molar-refractivity contribution in [3.05, 3.63) is 72.8 Å². The van der Waals surface area contributed by atoms with Crippen LogP contribution in [-0.4, -0.2) is 70.3 Å². The Kier molecular flexibility index (Phi) is 6.33. The smallest absolute Gasteiger partial charge is 0.286 e. The van der Waals surface area contributed by atoms with Gasteiger partial charge in [-0.3, -0.25) is 0 Å². The van der Waals surface area contributed by atoms with Crippen molar-refractivity contribution < 1.29 is 26.3 Å². The number of aromatic nitrogens is 8. The first kappa shape index (κ1) is 25.0. The monoisotopic (exact) mass is 554 g/mol. The van der Waals surface area contributed by atoms with Crippen LogP contribution in [0.2, 0.25) is 0 Å². The van der Waals surface area contributed by atoms with Crippen molar-refractivity contribution in [3.8, 4) is 34.3 Å². The number of rotatable bonds is 8. The molecule has 0 atom stereocenters. The summed E-state index contributed by atoms with van der Waals surface area (Å²) in [5, 5.41) is 22.1. The Morgan fingerprint density at radius 1 is 0.553 bits per heavy atom. The van der Waals surface area contributed by atoms with Gasteiger partial charge in [-0.15, -0.1) is 18.4 Å². The second-order valence-corrected chi connectivity index (χ2v) is 11.2. The van der Waals surface area contributed by atoms with E-state index in [9.17, 15) is 16.8 Å². The molecule has 0 N–H and O–H groups in total. The molecule has 38 heavy (non-hydrogen) atoms. The van der Waals surface area contributed by atoms with Crippen LogP contribution in [0.3, 0.4) is 0 Å². The highest BCUT2D eigenvalue weighted by Crippen LogP contribution is 2.27. The summed E-state index contributed by atoms with van der Waals surface area (Å²) in [6.07, 6.45) is 0. The highest BCUT2D eigenvalue weighted by molar-refractivity contribution is 7.90. The molecular weight excluding hydrogens is 536 g/mol. The molecule has 0 spiro atoms. The average Bonchev–Trinajstić information content (AvgIpc) is 3.64. The number of tetrazole rings is 2. The minimum absolute atomic E-state index is 0.0358. The van der Waals surface area contributed by atoms with Crippen molar-refractivity contribution in [2.45, 2.75) is 9.79 Å². The molecule has 0 unspecified atom stereocenters. The van der Waals surface area contributed by atoms with E-state index in [0.29, 0.717) is 30.8 Å². The molecule has 0 aliphatic rings. The molecular formula is C22H18N8O6S2. The van der Waals surface area contributed by atoms with Crippen LogP contribution in [0.25, 0.3) is 22.8 Å². The molecule has 194 valence electrons. The zero-order valence-electron chi connectivity index (χ0n) is 19.8. The zero-order chi connectivity index (χ0) is 26.9. The van der Waals surface area contributed by atoms with Crippen LogP contribution in [-0.2, 0) is 20.0 Å². The Morgan fingerprint density at radius 2 is 0.895 bits per heavy atom. The van der Waals surface area contributed by atoms with Gasteiger partial charge in [0.2, 0.25) is 0 Å². The molecule has 0 amide bonds. The highest BCUT2D eigenvalue weighted by atomic mass is 32.2. The maximum absolute atomic E-state index is 13.1. The molecule has 0 saturated carbocycles. The largest absolute Gasteiger partial charge is 0.497 e. The van der Waals surface area contributed by atoms with Crippen LogP contribution in [0.1, 0.15) is 0 Å². The van der Waals surface area contributed by atoms with Crippen LogP contribution in [0.4, 0.5) is 0 Å². The van der Waals surface area contributed by atoms with Gasteiger partial charge in [0.25, 0.3) is 20.0 Å². The summed E-state index contributed by atoms with van der Waals surface area (Å²) in [7, 11) is -5.28. The van der Waals surface area contributed by atoms with Gasteiger partial charge in [0.1, 0.15) is 11.5 Å². The lowest BCUT2D eigenvalue weighted by molar-refractivity contribution is 0.414. The normalized spacial score (nSPS) is 11.8. The van der Waals surface area contributed by atoms with E-state index < -0.39 is 20.0 Å². The van der Waals surface area contributed by atoms with Crippen LogP contribution in [0.15, 0.2) is 82.6 Å². The van der Waals surface area contributed by atoms with E-state index >= 15 is 0 Å². The fourth-order valence-corrected chi connectivity index (χ4v) is 5.84. The van der Waals surface area contributed by atoms with Gasteiger partial charge in [0, 0.05) is 11.1 Å². The van der Waals surface area contributed by atoms with E-state index in [0.717, 1.165) is 0 Å². The second-order valence-electron chi connectivity index (χ2n) is 7.63. The molecule has 0 saturated heterocycles. The zero-order valence-corrected chi connectivity index (χ0v) is 21.4. The molecule has 14 nitrogen and oxygen atoms in total. The molecule has 5 rings (SSSR count). The fraction of sp³-hybridized carbons (Fsp3) is 0.0909. The summed E-state index contributed by atoms with van der Waals surface area (Å²) in [5.41, 5.74) is 0.709. The van der Waals surface area contributed by atoms with E-state index in [1.165, 1.54) is 87.0 Å². The summed E-state index contributed by atoms with van der Waals surface area (Å²) in [6.45, 7) is 0. The third-order valence-electron chi connectivity index (χ3n) is 5.45. The van der Waals surface area contributed by atoms with Gasteiger partial charge in [-0.2, -0.15) is 16.8 Å². The van der Waals surface area contributed by atoms with Gasteiger partial charge in [0.05, 0.1) is 24.0 Å². The van der Waals surface area contributed by atoms with Crippen molar-refractivity contribution in [1.82, 2.24) is 39.2 Å². The number of benzene rings is 3. The molecule has 16 heteroatoms. The van der Waals surface area contributed by atoms with Gasteiger partial charge in [0.15, 0.2) is 11.6 Å². The topological polar surface area (TPSA) is 174 Å². The van der Waals surface area contributed by atoms with Crippen molar-refractivity contribution in [2.24, 2.45) is 0 Å². The van der Waals surface area contributed by atoms with Crippen LogP contribution >= 0.6 is 0 Å². The highest BCUT2D eigenvalue weighted by Gasteiger charge is 2.26. The summed E-state index contributed by atoms with van der Waals surface area (Å²) in [4.78, 5) is -0.0715. The van der Waals surface area contributed by atoms with Crippen molar-refractivity contribution in [3.63, 3.8) is 0 Å². The van der Waals surface area contributed by atoms with Gasteiger partial charge in [-0.1, -0.05) is 24.3 Å². The molecule has 0 bridgehead atoms. The lowest BCUT2D eigenvalue weighted by atomic mass is 10.1. The Balaban J connectivity index is 1.47. The minimum atomic E-state index is -4.11. The van der Waals surface area contributed by atoms with E-state index in [1.54, 1.807) is 0 Å². The molecule has 0 fully saturated rings. The van der Waals surface area contributed by atoms with E-state index in [4.69, 9.17) is 9.47 Å².